The van der Waals surface area contributed by atoms with Crippen molar-refractivity contribution in [3.05, 3.63) is 30.3 Å². The van der Waals surface area contributed by atoms with Gasteiger partial charge in [-0.3, -0.25) is 3.53 Å². The molecule has 0 aromatic heterocycles. The van der Waals surface area contributed by atoms with E-state index < -0.39 is 15.9 Å². The van der Waals surface area contributed by atoms with E-state index in [1.807, 2.05) is 0 Å². The van der Waals surface area contributed by atoms with E-state index in [-0.39, 0.29) is 10.6 Å². The minimum Gasteiger partial charge on any atom is -0.392 e. The number of hydrogen-bond acceptors (Lipinski definition) is 4. The largest absolute Gasteiger partial charge is 0.392 e. The lowest BCUT2D eigenvalue weighted by Crippen LogP contribution is -2.21. The molecule has 0 saturated heterocycles. The molecule has 6 heteroatoms. The third-order valence-corrected chi connectivity index (χ3v) is 4.93. The molecule has 2 N–H and O–H groups in total. The summed E-state index contributed by atoms with van der Waals surface area (Å²) in [6.07, 6.45) is 1.49. The van der Waals surface area contributed by atoms with Crippen LogP contribution in [0.3, 0.4) is 0 Å². The molecule has 0 unspecified atom stereocenters. The fraction of sp³-hybridized carbons (Fsp3) is 0.500. The van der Waals surface area contributed by atoms with Crippen molar-refractivity contribution in [3.63, 3.8) is 0 Å². The van der Waals surface area contributed by atoms with Crippen LogP contribution in [0.4, 0.5) is 0 Å². The van der Waals surface area contributed by atoms with Crippen molar-refractivity contribution in [2.24, 2.45) is 0 Å². The second-order valence-electron chi connectivity index (χ2n) is 4.13. The average molecular weight is 383 g/mol. The topological polar surface area (TPSA) is 66.4 Å². The minimum atomic E-state index is -3.37. The first kappa shape index (κ1) is 15.9. The van der Waals surface area contributed by atoms with Crippen LogP contribution in [0.5, 0.6) is 0 Å². The minimum absolute atomic E-state index is 0.200. The van der Waals surface area contributed by atoms with E-state index >= 15 is 0 Å². The molecule has 1 aromatic carbocycles. The number of rotatable bonds is 8. The zero-order valence-electron chi connectivity index (χ0n) is 10.0. The molecule has 1 atom stereocenters. The Hall–Kier alpha value is -0.180. The first-order valence-electron chi connectivity index (χ1n) is 5.85. The maximum atomic E-state index is 12.0. The van der Waals surface area contributed by atoms with Crippen molar-refractivity contribution >= 4 is 32.7 Å². The summed E-state index contributed by atoms with van der Waals surface area (Å²) in [5.74, 6) is -0.200. The zero-order chi connectivity index (χ0) is 13.4. The van der Waals surface area contributed by atoms with E-state index in [2.05, 4.69) is 26.4 Å². The highest BCUT2D eigenvalue weighted by Crippen LogP contribution is 2.13. The summed E-state index contributed by atoms with van der Waals surface area (Å²) in [4.78, 5) is 0.276. The Kier molecular flexibility index (Phi) is 7.13. The van der Waals surface area contributed by atoms with Crippen LogP contribution in [0, 0.1) is 0 Å². The number of halogens is 1. The van der Waals surface area contributed by atoms with Crippen molar-refractivity contribution in [2.75, 3.05) is 12.3 Å². The quantitative estimate of drug-likeness (QED) is 0.409. The average Bonchev–Trinajstić information content (AvgIpc) is 2.35. The van der Waals surface area contributed by atoms with E-state index in [4.69, 9.17) is 0 Å². The monoisotopic (exact) mass is 383 g/mol. The molecule has 0 fully saturated rings. The van der Waals surface area contributed by atoms with Crippen LogP contribution in [-0.2, 0) is 9.84 Å². The summed E-state index contributed by atoms with van der Waals surface area (Å²) < 4.78 is 26.9. The molecule has 1 aromatic rings. The molecule has 0 aliphatic carbocycles. The summed E-state index contributed by atoms with van der Waals surface area (Å²) in [5, 5.41) is 9.74. The Morgan fingerprint density at radius 1 is 1.22 bits per heavy atom. The van der Waals surface area contributed by atoms with Gasteiger partial charge in [0, 0.05) is 29.4 Å². The lowest BCUT2D eigenvalue weighted by Gasteiger charge is -2.11. The summed E-state index contributed by atoms with van der Waals surface area (Å²) in [5.41, 5.74) is 0. The van der Waals surface area contributed by atoms with Gasteiger partial charge >= 0.3 is 0 Å². The van der Waals surface area contributed by atoms with Gasteiger partial charge in [-0.25, -0.2) is 8.42 Å². The van der Waals surface area contributed by atoms with E-state index in [9.17, 15) is 13.5 Å². The second kappa shape index (κ2) is 8.08. The molecule has 0 spiro atoms. The summed E-state index contributed by atoms with van der Waals surface area (Å²) in [7, 11) is -3.37. The van der Waals surface area contributed by atoms with Gasteiger partial charge in [-0.15, -0.1) is 0 Å². The molecular formula is C12H18INO3S. The smallest absolute Gasteiger partial charge is 0.180 e. The molecule has 4 nitrogen and oxygen atoms in total. The van der Waals surface area contributed by atoms with Crippen molar-refractivity contribution in [1.82, 2.24) is 3.53 Å². The van der Waals surface area contributed by atoms with Crippen LogP contribution in [0.25, 0.3) is 0 Å². The Labute approximate surface area is 122 Å². The predicted molar refractivity (Wildman–Crippen MR) is 80.4 cm³/mol. The molecule has 0 radical (unpaired) electrons. The van der Waals surface area contributed by atoms with Gasteiger partial charge in [-0.1, -0.05) is 18.2 Å². The third-order valence-electron chi connectivity index (χ3n) is 2.57. The fourth-order valence-corrected chi connectivity index (χ4v) is 3.45. The van der Waals surface area contributed by atoms with Crippen LogP contribution >= 0.6 is 22.9 Å². The molecule has 18 heavy (non-hydrogen) atoms. The number of aliphatic hydroxyl groups is 1. The Balaban J connectivity index is 2.46. The van der Waals surface area contributed by atoms with E-state index in [0.717, 1.165) is 19.4 Å². The van der Waals surface area contributed by atoms with Crippen molar-refractivity contribution in [2.45, 2.75) is 30.3 Å². The standard InChI is InChI=1S/C12H18INO3S/c13-14-9-5-4-6-11(15)10-18(16,17)12-7-2-1-3-8-12/h1-3,7-8,11,14-15H,4-6,9-10H2/t11-/m1/s1. The highest BCUT2D eigenvalue weighted by atomic mass is 127. The van der Waals surface area contributed by atoms with Crippen LogP contribution < -0.4 is 3.53 Å². The number of aliphatic hydroxyl groups excluding tert-OH is 1. The molecule has 0 amide bonds. The lowest BCUT2D eigenvalue weighted by molar-refractivity contribution is 0.183. The summed E-state index contributed by atoms with van der Waals surface area (Å²) in [6.45, 7) is 0.874. The van der Waals surface area contributed by atoms with Crippen LogP contribution in [0.2, 0.25) is 0 Å². The van der Waals surface area contributed by atoms with Gasteiger partial charge in [0.1, 0.15) is 0 Å². The molecule has 0 heterocycles. The van der Waals surface area contributed by atoms with E-state index in [0.29, 0.717) is 6.42 Å². The Morgan fingerprint density at radius 2 is 1.89 bits per heavy atom. The van der Waals surface area contributed by atoms with Gasteiger partial charge in [0.05, 0.1) is 16.8 Å². The number of unbranched alkanes of at least 4 members (excludes halogenated alkanes) is 1. The van der Waals surface area contributed by atoms with Gasteiger partial charge in [-0.05, 0) is 31.4 Å². The molecule has 0 bridgehead atoms. The molecule has 0 aliphatic heterocycles. The van der Waals surface area contributed by atoms with Gasteiger partial charge in [0.25, 0.3) is 0 Å². The lowest BCUT2D eigenvalue weighted by atomic mass is 10.2. The highest BCUT2D eigenvalue weighted by Gasteiger charge is 2.18. The first-order chi connectivity index (χ1) is 8.56. The Morgan fingerprint density at radius 3 is 2.50 bits per heavy atom. The summed E-state index contributed by atoms with van der Waals surface area (Å²) in [6, 6.07) is 8.26. The van der Waals surface area contributed by atoms with Gasteiger partial charge < -0.3 is 5.11 Å². The normalized spacial score (nSPS) is 13.4. The number of hydrogen-bond donors (Lipinski definition) is 2. The molecule has 1 rings (SSSR count). The van der Waals surface area contributed by atoms with Crippen LogP contribution in [-0.4, -0.2) is 31.9 Å². The highest BCUT2D eigenvalue weighted by molar-refractivity contribution is 14.1. The number of sulfone groups is 1. The van der Waals surface area contributed by atoms with E-state index in [1.54, 1.807) is 30.3 Å². The van der Waals surface area contributed by atoms with Gasteiger partial charge in [-0.2, -0.15) is 0 Å². The van der Waals surface area contributed by atoms with Crippen molar-refractivity contribution in [3.8, 4) is 0 Å². The zero-order valence-corrected chi connectivity index (χ0v) is 13.0. The van der Waals surface area contributed by atoms with Crippen LogP contribution in [0.15, 0.2) is 35.2 Å². The molecule has 0 aliphatic rings. The number of benzene rings is 1. The third kappa shape index (κ3) is 5.64. The van der Waals surface area contributed by atoms with Gasteiger partial charge in [0.15, 0.2) is 9.84 Å². The molecule has 0 saturated carbocycles. The predicted octanol–water partition coefficient (Wildman–Crippen LogP) is 1.93. The second-order valence-corrected chi connectivity index (χ2v) is 6.92. The molecule has 102 valence electrons. The fourth-order valence-electron chi connectivity index (χ4n) is 1.63. The van der Waals surface area contributed by atoms with Crippen molar-refractivity contribution < 1.29 is 13.5 Å². The molecular weight excluding hydrogens is 365 g/mol. The first-order valence-corrected chi connectivity index (χ1v) is 8.59. The van der Waals surface area contributed by atoms with E-state index in [1.165, 1.54) is 0 Å². The Bertz CT molecular complexity index is 436. The maximum Gasteiger partial charge on any atom is 0.180 e. The maximum absolute atomic E-state index is 12.0. The summed E-state index contributed by atoms with van der Waals surface area (Å²) >= 11 is 2.07. The van der Waals surface area contributed by atoms with Crippen molar-refractivity contribution in [1.29, 1.82) is 0 Å². The van der Waals surface area contributed by atoms with Crippen LogP contribution in [0.1, 0.15) is 19.3 Å². The number of nitrogens with one attached hydrogen (secondary N) is 1. The SMILES string of the molecule is O=S(=O)(C[C@H](O)CCCCNI)c1ccccc1. The van der Waals surface area contributed by atoms with Gasteiger partial charge in [0.2, 0.25) is 0 Å².